The van der Waals surface area contributed by atoms with Crippen molar-refractivity contribution in [2.75, 3.05) is 13.1 Å². The normalized spacial score (nSPS) is 24.2. The van der Waals surface area contributed by atoms with Crippen LogP contribution in [-0.2, 0) is 0 Å². The van der Waals surface area contributed by atoms with Crippen molar-refractivity contribution in [3.05, 3.63) is 18.0 Å². The first kappa shape index (κ1) is 7.80. The second kappa shape index (κ2) is 3.27. The summed E-state index contributed by atoms with van der Waals surface area (Å²) in [6.07, 6.45) is 4.41. The molecule has 0 aromatic carbocycles. The van der Waals surface area contributed by atoms with E-state index in [1.165, 1.54) is 18.5 Å². The molecule has 1 aromatic heterocycles. The highest BCUT2D eigenvalue weighted by Crippen LogP contribution is 2.16. The van der Waals surface area contributed by atoms with Gasteiger partial charge in [0.05, 0.1) is 6.04 Å². The van der Waals surface area contributed by atoms with Crippen molar-refractivity contribution in [2.24, 2.45) is 0 Å². The van der Waals surface area contributed by atoms with Crippen LogP contribution >= 0.6 is 0 Å². The van der Waals surface area contributed by atoms with Gasteiger partial charge in [0.2, 0.25) is 0 Å². The Morgan fingerprint density at radius 3 is 3.17 bits per heavy atom. The zero-order valence-electron chi connectivity index (χ0n) is 7.45. The predicted octanol–water partition coefficient (Wildman–Crippen LogP) is 1.12. The molecule has 3 heteroatoms. The summed E-state index contributed by atoms with van der Waals surface area (Å²) in [7, 11) is 0. The van der Waals surface area contributed by atoms with Gasteiger partial charge in [-0.05, 0) is 32.4 Å². The highest BCUT2D eigenvalue weighted by Gasteiger charge is 2.15. The van der Waals surface area contributed by atoms with Gasteiger partial charge in [0.25, 0.3) is 0 Å². The number of piperidine rings is 1. The van der Waals surface area contributed by atoms with Crippen molar-refractivity contribution < 1.29 is 0 Å². The van der Waals surface area contributed by atoms with Crippen molar-refractivity contribution in [2.45, 2.75) is 25.8 Å². The van der Waals surface area contributed by atoms with Gasteiger partial charge in [-0.25, -0.2) is 0 Å². The summed E-state index contributed by atoms with van der Waals surface area (Å²) in [5, 5.41) is 7.71. The van der Waals surface area contributed by atoms with Crippen LogP contribution in [0.15, 0.2) is 12.3 Å². The Morgan fingerprint density at radius 2 is 2.58 bits per heavy atom. The molecule has 1 N–H and O–H groups in total. The van der Waals surface area contributed by atoms with Crippen LogP contribution in [0, 0.1) is 6.92 Å². The molecule has 0 saturated carbocycles. The largest absolute Gasteiger partial charge is 0.315 e. The van der Waals surface area contributed by atoms with Gasteiger partial charge in [-0.1, -0.05) is 0 Å². The van der Waals surface area contributed by atoms with Crippen LogP contribution < -0.4 is 5.32 Å². The molecule has 0 amide bonds. The van der Waals surface area contributed by atoms with E-state index in [1.54, 1.807) is 0 Å². The zero-order valence-corrected chi connectivity index (χ0v) is 7.45. The van der Waals surface area contributed by atoms with Crippen LogP contribution in [0.4, 0.5) is 0 Å². The van der Waals surface area contributed by atoms with Crippen molar-refractivity contribution in [3.63, 3.8) is 0 Å². The van der Waals surface area contributed by atoms with E-state index in [-0.39, 0.29) is 0 Å². The number of rotatable bonds is 1. The lowest BCUT2D eigenvalue weighted by Gasteiger charge is -2.24. The first-order valence-corrected chi connectivity index (χ1v) is 4.59. The molecule has 2 heterocycles. The summed E-state index contributed by atoms with van der Waals surface area (Å²) in [4.78, 5) is 0. The van der Waals surface area contributed by atoms with Gasteiger partial charge in [0.15, 0.2) is 0 Å². The Kier molecular flexibility index (Phi) is 2.13. The molecule has 1 fully saturated rings. The molecule has 1 saturated heterocycles. The van der Waals surface area contributed by atoms with Gasteiger partial charge in [-0.3, -0.25) is 4.68 Å². The average molecular weight is 165 g/mol. The van der Waals surface area contributed by atoms with Crippen LogP contribution in [0.5, 0.6) is 0 Å². The maximum Gasteiger partial charge on any atom is 0.0647 e. The van der Waals surface area contributed by atoms with Crippen LogP contribution in [0.1, 0.15) is 24.6 Å². The fourth-order valence-electron chi connectivity index (χ4n) is 1.80. The molecule has 0 spiro atoms. The molecule has 66 valence electrons. The highest BCUT2D eigenvalue weighted by molar-refractivity contribution is 4.99. The monoisotopic (exact) mass is 165 g/mol. The summed E-state index contributed by atoms with van der Waals surface area (Å²) in [5.41, 5.74) is 1.27. The standard InChI is InChI=1S/C9H15N3/c1-8-4-6-11-12(8)9-3-2-5-10-7-9/h4,6,9-10H,2-3,5,7H2,1H3. The van der Waals surface area contributed by atoms with E-state index in [9.17, 15) is 0 Å². The predicted molar refractivity (Wildman–Crippen MR) is 48.1 cm³/mol. The molecular formula is C9H15N3. The zero-order chi connectivity index (χ0) is 8.39. The number of hydrogen-bond donors (Lipinski definition) is 1. The van der Waals surface area contributed by atoms with Gasteiger partial charge < -0.3 is 5.32 Å². The van der Waals surface area contributed by atoms with Gasteiger partial charge in [0.1, 0.15) is 0 Å². The summed E-state index contributed by atoms with van der Waals surface area (Å²) in [5.74, 6) is 0. The number of nitrogens with one attached hydrogen (secondary N) is 1. The molecule has 1 atom stereocenters. The first-order valence-electron chi connectivity index (χ1n) is 4.59. The lowest BCUT2D eigenvalue weighted by Crippen LogP contribution is -2.32. The molecule has 0 radical (unpaired) electrons. The van der Waals surface area contributed by atoms with E-state index < -0.39 is 0 Å². The lowest BCUT2D eigenvalue weighted by atomic mass is 10.1. The smallest absolute Gasteiger partial charge is 0.0647 e. The average Bonchev–Trinajstić information content (AvgIpc) is 2.53. The minimum atomic E-state index is 0.578. The Bertz CT molecular complexity index is 248. The summed E-state index contributed by atoms with van der Waals surface area (Å²) in [6, 6.07) is 2.64. The summed E-state index contributed by atoms with van der Waals surface area (Å²) >= 11 is 0. The van der Waals surface area contributed by atoms with Crippen LogP contribution in [0.25, 0.3) is 0 Å². The van der Waals surface area contributed by atoms with Gasteiger partial charge >= 0.3 is 0 Å². The van der Waals surface area contributed by atoms with Crippen molar-refractivity contribution in [1.29, 1.82) is 0 Å². The van der Waals surface area contributed by atoms with E-state index in [4.69, 9.17) is 0 Å². The molecule has 0 bridgehead atoms. The molecule has 2 rings (SSSR count). The fourth-order valence-corrected chi connectivity index (χ4v) is 1.80. The van der Waals surface area contributed by atoms with E-state index in [2.05, 4.69) is 28.1 Å². The number of aryl methyl sites for hydroxylation is 1. The van der Waals surface area contributed by atoms with Crippen LogP contribution in [0.2, 0.25) is 0 Å². The molecule has 1 unspecified atom stereocenters. The van der Waals surface area contributed by atoms with Crippen molar-refractivity contribution >= 4 is 0 Å². The van der Waals surface area contributed by atoms with E-state index in [1.807, 2.05) is 6.20 Å². The third-order valence-electron chi connectivity index (χ3n) is 2.48. The maximum absolute atomic E-state index is 4.32. The lowest BCUT2D eigenvalue weighted by molar-refractivity contribution is 0.342. The van der Waals surface area contributed by atoms with E-state index in [0.717, 1.165) is 13.1 Å². The van der Waals surface area contributed by atoms with Gasteiger partial charge in [0, 0.05) is 18.4 Å². The number of hydrogen-bond acceptors (Lipinski definition) is 2. The SMILES string of the molecule is Cc1ccnn1C1CCCNC1. The first-order chi connectivity index (χ1) is 5.88. The minimum Gasteiger partial charge on any atom is -0.315 e. The molecule has 1 aromatic rings. The molecular weight excluding hydrogens is 150 g/mol. The topological polar surface area (TPSA) is 29.9 Å². The van der Waals surface area contributed by atoms with Gasteiger partial charge in [-0.15, -0.1) is 0 Å². The Hall–Kier alpha value is -0.830. The second-order valence-electron chi connectivity index (χ2n) is 3.42. The van der Waals surface area contributed by atoms with Crippen LogP contribution in [0.3, 0.4) is 0 Å². The fraction of sp³-hybridized carbons (Fsp3) is 0.667. The van der Waals surface area contributed by atoms with Crippen LogP contribution in [-0.4, -0.2) is 22.9 Å². The maximum atomic E-state index is 4.32. The van der Waals surface area contributed by atoms with Crippen molar-refractivity contribution in [1.82, 2.24) is 15.1 Å². The molecule has 1 aliphatic rings. The molecule has 3 nitrogen and oxygen atoms in total. The van der Waals surface area contributed by atoms with Crippen molar-refractivity contribution in [3.8, 4) is 0 Å². The van der Waals surface area contributed by atoms with E-state index in [0.29, 0.717) is 6.04 Å². The Morgan fingerprint density at radius 1 is 1.67 bits per heavy atom. The third-order valence-corrected chi connectivity index (χ3v) is 2.48. The minimum absolute atomic E-state index is 0.578. The number of aromatic nitrogens is 2. The Balaban J connectivity index is 2.13. The highest BCUT2D eigenvalue weighted by atomic mass is 15.3. The quantitative estimate of drug-likeness (QED) is 0.675. The summed E-state index contributed by atoms with van der Waals surface area (Å²) < 4.78 is 2.13. The number of nitrogens with zero attached hydrogens (tertiary/aromatic N) is 2. The molecule has 1 aliphatic heterocycles. The summed E-state index contributed by atoms with van der Waals surface area (Å²) in [6.45, 7) is 4.35. The third kappa shape index (κ3) is 1.37. The van der Waals surface area contributed by atoms with E-state index >= 15 is 0 Å². The Labute approximate surface area is 72.8 Å². The second-order valence-corrected chi connectivity index (χ2v) is 3.42. The molecule has 12 heavy (non-hydrogen) atoms. The van der Waals surface area contributed by atoms with Gasteiger partial charge in [-0.2, -0.15) is 5.10 Å². The molecule has 0 aliphatic carbocycles.